The van der Waals surface area contributed by atoms with Crippen LogP contribution in [0, 0.1) is 0 Å². The third-order valence-corrected chi connectivity index (χ3v) is 2.81. The van der Waals surface area contributed by atoms with E-state index in [1.54, 1.807) is 12.1 Å². The van der Waals surface area contributed by atoms with E-state index in [0.717, 1.165) is 6.92 Å². The third kappa shape index (κ3) is 2.30. The predicted octanol–water partition coefficient (Wildman–Crippen LogP) is 2.21. The zero-order valence-electron chi connectivity index (χ0n) is 7.96. The van der Waals surface area contributed by atoms with Gasteiger partial charge in [-0.15, -0.1) is 0 Å². The van der Waals surface area contributed by atoms with Crippen molar-refractivity contribution in [2.75, 3.05) is 5.73 Å². The summed E-state index contributed by atoms with van der Waals surface area (Å²) < 4.78 is -2.06. The fourth-order valence-corrected chi connectivity index (χ4v) is 1.24. The maximum absolute atomic E-state index is 11.8. The van der Waals surface area contributed by atoms with Crippen molar-refractivity contribution in [1.82, 2.24) is 0 Å². The molecule has 0 aliphatic rings. The minimum Gasteiger partial charge on any atom is -0.398 e. The first-order valence-corrected chi connectivity index (χ1v) is 4.91. The molecule has 80 valence electrons. The van der Waals surface area contributed by atoms with Gasteiger partial charge >= 0.3 is 0 Å². The number of hydrogen-bond donors (Lipinski definition) is 1. The number of para-hydroxylation sites is 1. The molecule has 0 saturated heterocycles. The molecule has 0 aliphatic heterocycles. The van der Waals surface area contributed by atoms with Crippen LogP contribution in [0.1, 0.15) is 17.3 Å². The van der Waals surface area contributed by atoms with E-state index < -0.39 is 15.9 Å². The fourth-order valence-electron chi connectivity index (χ4n) is 1.03. The Bertz CT molecular complexity index is 416. The number of nitrogens with two attached hydrogens (primary N) is 1. The van der Waals surface area contributed by atoms with E-state index in [9.17, 15) is 9.59 Å². The lowest BCUT2D eigenvalue weighted by atomic mass is 10.0. The van der Waals surface area contributed by atoms with E-state index in [1.165, 1.54) is 12.1 Å². The Kier molecular flexibility index (Phi) is 3.37. The van der Waals surface area contributed by atoms with Gasteiger partial charge in [0.15, 0.2) is 5.78 Å². The Balaban J connectivity index is 3.16. The number of nitrogen functional groups attached to an aromatic ring is 1. The number of benzene rings is 1. The van der Waals surface area contributed by atoms with Crippen LogP contribution in [0.25, 0.3) is 0 Å². The van der Waals surface area contributed by atoms with Gasteiger partial charge in [-0.25, -0.2) is 0 Å². The van der Waals surface area contributed by atoms with Gasteiger partial charge in [-0.05, 0) is 19.1 Å². The lowest BCUT2D eigenvalue weighted by Crippen LogP contribution is -2.34. The predicted molar refractivity (Wildman–Crippen MR) is 60.3 cm³/mol. The van der Waals surface area contributed by atoms with Crippen molar-refractivity contribution in [2.24, 2.45) is 0 Å². The highest BCUT2D eigenvalue weighted by Gasteiger charge is 2.40. The normalized spacial score (nSPS) is 11.1. The van der Waals surface area contributed by atoms with E-state index in [-0.39, 0.29) is 11.3 Å². The van der Waals surface area contributed by atoms with Crippen LogP contribution < -0.4 is 5.73 Å². The molecule has 0 unspecified atom stereocenters. The van der Waals surface area contributed by atoms with E-state index in [0.29, 0.717) is 0 Å². The highest BCUT2D eigenvalue weighted by Crippen LogP contribution is 2.29. The molecule has 2 N–H and O–H groups in total. The van der Waals surface area contributed by atoms with Crippen LogP contribution >= 0.6 is 23.2 Å². The minimum absolute atomic E-state index is 0.151. The maximum Gasteiger partial charge on any atom is 0.237 e. The van der Waals surface area contributed by atoms with E-state index in [2.05, 4.69) is 0 Å². The summed E-state index contributed by atoms with van der Waals surface area (Å²) in [5.41, 5.74) is 5.96. The topological polar surface area (TPSA) is 60.2 Å². The Labute approximate surface area is 97.2 Å². The molecule has 0 saturated carbocycles. The van der Waals surface area contributed by atoms with Crippen LogP contribution in [0.2, 0.25) is 0 Å². The average Bonchev–Trinajstić information content (AvgIpc) is 2.17. The first-order valence-electron chi connectivity index (χ1n) is 4.15. The van der Waals surface area contributed by atoms with Crippen LogP contribution in [0.5, 0.6) is 0 Å². The number of anilines is 1. The van der Waals surface area contributed by atoms with Gasteiger partial charge in [0.1, 0.15) is 0 Å². The van der Waals surface area contributed by atoms with Crippen LogP contribution in [-0.2, 0) is 4.79 Å². The van der Waals surface area contributed by atoms with Crippen LogP contribution in [-0.4, -0.2) is 15.9 Å². The first-order chi connectivity index (χ1) is 6.87. The second-order valence-corrected chi connectivity index (χ2v) is 4.37. The standard InChI is InChI=1S/C10H9Cl2NO2/c1-6(14)10(11,12)9(15)7-4-2-3-5-8(7)13/h2-5H,13H2,1H3. The fraction of sp³-hybridized carbons (Fsp3) is 0.200. The van der Waals surface area contributed by atoms with E-state index in [4.69, 9.17) is 28.9 Å². The molecule has 1 aromatic rings. The summed E-state index contributed by atoms with van der Waals surface area (Å²) in [5, 5.41) is 0. The number of hydrogen-bond acceptors (Lipinski definition) is 3. The molecular weight excluding hydrogens is 237 g/mol. The molecule has 5 heteroatoms. The second kappa shape index (κ2) is 4.21. The lowest BCUT2D eigenvalue weighted by Gasteiger charge is -2.15. The number of carbonyl (C=O) groups excluding carboxylic acids is 2. The molecule has 1 rings (SSSR count). The van der Waals surface area contributed by atoms with E-state index in [1.807, 2.05) is 0 Å². The Hall–Kier alpha value is -1.06. The van der Waals surface area contributed by atoms with Gasteiger partial charge in [-0.3, -0.25) is 9.59 Å². The van der Waals surface area contributed by atoms with Crippen LogP contribution in [0.4, 0.5) is 5.69 Å². The van der Waals surface area contributed by atoms with Gasteiger partial charge in [0, 0.05) is 11.3 Å². The van der Waals surface area contributed by atoms with Crippen molar-refractivity contribution in [1.29, 1.82) is 0 Å². The van der Waals surface area contributed by atoms with Crippen molar-refractivity contribution in [3.8, 4) is 0 Å². The van der Waals surface area contributed by atoms with Crippen molar-refractivity contribution in [3.05, 3.63) is 29.8 Å². The molecule has 1 aromatic carbocycles. The molecule has 15 heavy (non-hydrogen) atoms. The number of halogens is 2. The van der Waals surface area contributed by atoms with Crippen molar-refractivity contribution >= 4 is 40.5 Å². The lowest BCUT2D eigenvalue weighted by molar-refractivity contribution is -0.116. The Morgan fingerprint density at radius 2 is 1.80 bits per heavy atom. The highest BCUT2D eigenvalue weighted by molar-refractivity contribution is 6.69. The Morgan fingerprint density at radius 1 is 1.27 bits per heavy atom. The third-order valence-electron chi connectivity index (χ3n) is 1.93. The summed E-state index contributed by atoms with van der Waals surface area (Å²) in [6, 6.07) is 6.30. The van der Waals surface area contributed by atoms with Gasteiger partial charge < -0.3 is 5.73 Å². The van der Waals surface area contributed by atoms with Crippen LogP contribution in [0.15, 0.2) is 24.3 Å². The highest BCUT2D eigenvalue weighted by atomic mass is 35.5. The summed E-state index contributed by atoms with van der Waals surface area (Å²) in [5.74, 6) is -1.32. The molecule has 0 amide bonds. The number of ketones is 2. The van der Waals surface area contributed by atoms with E-state index >= 15 is 0 Å². The van der Waals surface area contributed by atoms with Crippen molar-refractivity contribution < 1.29 is 9.59 Å². The van der Waals surface area contributed by atoms with Crippen LogP contribution in [0.3, 0.4) is 0 Å². The molecule has 3 nitrogen and oxygen atoms in total. The summed E-state index contributed by atoms with van der Waals surface area (Å²) in [6.45, 7) is 1.15. The smallest absolute Gasteiger partial charge is 0.237 e. The van der Waals surface area contributed by atoms with Gasteiger partial charge in [0.25, 0.3) is 0 Å². The quantitative estimate of drug-likeness (QED) is 0.385. The molecule has 0 aliphatic carbocycles. The van der Waals surface area contributed by atoms with Gasteiger partial charge in [-0.1, -0.05) is 35.3 Å². The molecule has 0 fully saturated rings. The van der Waals surface area contributed by atoms with Gasteiger partial charge in [-0.2, -0.15) is 0 Å². The number of rotatable bonds is 3. The largest absolute Gasteiger partial charge is 0.398 e. The van der Waals surface area contributed by atoms with Gasteiger partial charge in [0.05, 0.1) is 0 Å². The van der Waals surface area contributed by atoms with Gasteiger partial charge in [0.2, 0.25) is 10.1 Å². The maximum atomic E-state index is 11.8. The summed E-state index contributed by atoms with van der Waals surface area (Å²) >= 11 is 11.3. The summed E-state index contributed by atoms with van der Waals surface area (Å²) in [4.78, 5) is 22.8. The van der Waals surface area contributed by atoms with Crippen molar-refractivity contribution in [3.63, 3.8) is 0 Å². The Morgan fingerprint density at radius 3 is 2.27 bits per heavy atom. The molecule has 0 bridgehead atoms. The summed E-state index contributed by atoms with van der Waals surface area (Å²) in [6.07, 6.45) is 0. The molecule has 0 aromatic heterocycles. The van der Waals surface area contributed by atoms with Crippen molar-refractivity contribution in [2.45, 2.75) is 11.3 Å². The molecule has 0 atom stereocenters. The molecule has 0 radical (unpaired) electrons. The SMILES string of the molecule is CC(=O)C(Cl)(Cl)C(=O)c1ccccc1N. The monoisotopic (exact) mass is 245 g/mol. The zero-order valence-corrected chi connectivity index (χ0v) is 9.47. The number of carbonyl (C=O) groups is 2. The number of Topliss-reactive ketones (excluding diaryl/α,β-unsaturated/α-hetero) is 2. The molecule has 0 heterocycles. The molecule has 0 spiro atoms. The minimum atomic E-state index is -2.06. The zero-order chi connectivity index (χ0) is 11.6. The number of alkyl halides is 2. The second-order valence-electron chi connectivity index (χ2n) is 3.05. The molecular formula is C10H9Cl2NO2. The average molecular weight is 246 g/mol. The summed E-state index contributed by atoms with van der Waals surface area (Å²) in [7, 11) is 0. The first kappa shape index (κ1) is 12.0.